The second-order valence-corrected chi connectivity index (χ2v) is 4.91. The summed E-state index contributed by atoms with van der Waals surface area (Å²) < 4.78 is 12.5. The third-order valence-electron chi connectivity index (χ3n) is 2.03. The molecular formula is C12H14Br2O3. The lowest BCUT2D eigenvalue weighted by atomic mass is 10.2. The summed E-state index contributed by atoms with van der Waals surface area (Å²) in [5.74, 6) is 1.21. The highest BCUT2D eigenvalue weighted by Crippen LogP contribution is 2.42. The zero-order valence-corrected chi connectivity index (χ0v) is 12.9. The molecule has 0 radical (unpaired) electrons. The fraction of sp³-hybridized carbons (Fsp3) is 0.417. The van der Waals surface area contributed by atoms with Crippen molar-refractivity contribution in [3.63, 3.8) is 0 Å². The second kappa shape index (κ2) is 7.01. The summed E-state index contributed by atoms with van der Waals surface area (Å²) in [6.45, 7) is 5.05. The van der Waals surface area contributed by atoms with Crippen molar-refractivity contribution in [3.8, 4) is 11.5 Å². The Hall–Kier alpha value is -0.550. The van der Waals surface area contributed by atoms with Gasteiger partial charge in [0.25, 0.3) is 0 Å². The smallest absolute Gasteiger partial charge is 0.176 e. The lowest BCUT2D eigenvalue weighted by molar-refractivity contribution is 0.112. The number of rotatable bonds is 6. The highest BCUT2D eigenvalue weighted by molar-refractivity contribution is 9.13. The topological polar surface area (TPSA) is 35.5 Å². The molecule has 0 saturated carbocycles. The molecule has 0 bridgehead atoms. The van der Waals surface area contributed by atoms with Crippen LogP contribution in [0, 0.1) is 0 Å². The largest absolute Gasteiger partial charge is 0.490 e. The summed E-state index contributed by atoms with van der Waals surface area (Å²) >= 11 is 6.77. The number of ether oxygens (including phenoxy) is 2. The molecule has 1 aromatic rings. The van der Waals surface area contributed by atoms with Crippen LogP contribution in [0.4, 0.5) is 0 Å². The molecular weight excluding hydrogens is 352 g/mol. The Balaban J connectivity index is 3.22. The van der Waals surface area contributed by atoms with E-state index < -0.39 is 0 Å². The first-order chi connectivity index (χ1) is 8.15. The van der Waals surface area contributed by atoms with E-state index in [0.29, 0.717) is 39.2 Å². The van der Waals surface area contributed by atoms with Gasteiger partial charge in [-0.2, -0.15) is 0 Å². The van der Waals surface area contributed by atoms with Crippen molar-refractivity contribution in [3.05, 3.63) is 20.6 Å². The predicted octanol–water partition coefficient (Wildman–Crippen LogP) is 4.21. The van der Waals surface area contributed by atoms with E-state index in [1.807, 2.05) is 13.8 Å². The van der Waals surface area contributed by atoms with E-state index >= 15 is 0 Å². The summed E-state index contributed by atoms with van der Waals surface area (Å²) in [7, 11) is 0. The normalized spacial score (nSPS) is 10.1. The monoisotopic (exact) mass is 364 g/mol. The molecule has 0 amide bonds. The van der Waals surface area contributed by atoms with E-state index in [1.165, 1.54) is 0 Å². The zero-order chi connectivity index (χ0) is 12.8. The Morgan fingerprint density at radius 3 is 2.47 bits per heavy atom. The van der Waals surface area contributed by atoms with Gasteiger partial charge in [-0.3, -0.25) is 4.79 Å². The van der Waals surface area contributed by atoms with Crippen molar-refractivity contribution in [1.82, 2.24) is 0 Å². The molecule has 0 aromatic heterocycles. The number of halogens is 2. The molecule has 17 heavy (non-hydrogen) atoms. The Morgan fingerprint density at radius 1 is 1.24 bits per heavy atom. The first kappa shape index (κ1) is 14.5. The van der Waals surface area contributed by atoms with Crippen molar-refractivity contribution in [1.29, 1.82) is 0 Å². The second-order valence-electron chi connectivity index (χ2n) is 3.32. The first-order valence-corrected chi connectivity index (χ1v) is 6.97. The van der Waals surface area contributed by atoms with Gasteiger partial charge in [-0.15, -0.1) is 0 Å². The zero-order valence-electron chi connectivity index (χ0n) is 9.76. The fourth-order valence-corrected chi connectivity index (χ4v) is 2.22. The van der Waals surface area contributed by atoms with Crippen LogP contribution in [0.3, 0.4) is 0 Å². The maximum Gasteiger partial charge on any atom is 0.176 e. The molecule has 94 valence electrons. The Morgan fingerprint density at radius 2 is 1.94 bits per heavy atom. The third-order valence-corrected chi connectivity index (χ3v) is 4.18. The van der Waals surface area contributed by atoms with Crippen molar-refractivity contribution >= 4 is 38.1 Å². The standard InChI is InChI=1S/C12H14Br2O3/c1-3-5-17-12-9(16-4-2)6-8(7-15)10(13)11(12)14/h6-7H,3-5H2,1-2H3. The summed E-state index contributed by atoms with van der Waals surface area (Å²) in [4.78, 5) is 10.9. The van der Waals surface area contributed by atoms with E-state index in [2.05, 4.69) is 31.9 Å². The molecule has 5 heteroatoms. The summed E-state index contributed by atoms with van der Waals surface area (Å²) in [5, 5.41) is 0. The van der Waals surface area contributed by atoms with E-state index in [9.17, 15) is 4.79 Å². The summed E-state index contributed by atoms with van der Waals surface area (Å²) in [6, 6.07) is 1.68. The molecule has 1 rings (SSSR count). The Kier molecular flexibility index (Phi) is 5.98. The Labute approximate surface area is 118 Å². The van der Waals surface area contributed by atoms with Gasteiger partial charge in [0, 0.05) is 10.0 Å². The maximum atomic E-state index is 10.9. The minimum Gasteiger partial charge on any atom is -0.490 e. The first-order valence-electron chi connectivity index (χ1n) is 5.38. The number of carbonyl (C=O) groups is 1. The highest BCUT2D eigenvalue weighted by Gasteiger charge is 2.16. The van der Waals surface area contributed by atoms with E-state index in [-0.39, 0.29) is 0 Å². The van der Waals surface area contributed by atoms with Crippen molar-refractivity contribution in [2.45, 2.75) is 20.3 Å². The van der Waals surface area contributed by atoms with Gasteiger partial charge in [0.1, 0.15) is 0 Å². The lowest BCUT2D eigenvalue weighted by Gasteiger charge is -2.15. The predicted molar refractivity (Wildman–Crippen MR) is 74.2 cm³/mol. The molecule has 1 aromatic carbocycles. The molecule has 0 aliphatic rings. The van der Waals surface area contributed by atoms with Crippen molar-refractivity contribution in [2.24, 2.45) is 0 Å². The minimum atomic E-state index is 0.523. The van der Waals surface area contributed by atoms with Crippen LogP contribution >= 0.6 is 31.9 Å². The van der Waals surface area contributed by atoms with E-state index in [4.69, 9.17) is 9.47 Å². The van der Waals surface area contributed by atoms with Crippen LogP contribution in [0.5, 0.6) is 11.5 Å². The lowest BCUT2D eigenvalue weighted by Crippen LogP contribution is -2.02. The average molecular weight is 366 g/mol. The molecule has 0 aliphatic carbocycles. The minimum absolute atomic E-state index is 0.523. The molecule has 0 fully saturated rings. The van der Waals surface area contributed by atoms with Crippen LogP contribution in [0.2, 0.25) is 0 Å². The molecule has 0 atom stereocenters. The van der Waals surface area contributed by atoms with Gasteiger partial charge < -0.3 is 9.47 Å². The van der Waals surface area contributed by atoms with Gasteiger partial charge in [-0.1, -0.05) is 6.92 Å². The van der Waals surface area contributed by atoms with E-state index in [1.54, 1.807) is 6.07 Å². The van der Waals surface area contributed by atoms with Crippen LogP contribution in [0.25, 0.3) is 0 Å². The molecule has 0 N–H and O–H groups in total. The van der Waals surface area contributed by atoms with E-state index in [0.717, 1.165) is 12.7 Å². The van der Waals surface area contributed by atoms with Crippen LogP contribution in [-0.2, 0) is 0 Å². The number of hydrogen-bond donors (Lipinski definition) is 0. The molecule has 0 unspecified atom stereocenters. The van der Waals surface area contributed by atoms with Gasteiger partial charge in [0.2, 0.25) is 0 Å². The van der Waals surface area contributed by atoms with Gasteiger partial charge in [0.05, 0.1) is 17.7 Å². The number of hydrogen-bond acceptors (Lipinski definition) is 3. The maximum absolute atomic E-state index is 10.9. The number of benzene rings is 1. The van der Waals surface area contributed by atoms with Crippen molar-refractivity contribution < 1.29 is 14.3 Å². The molecule has 3 nitrogen and oxygen atoms in total. The molecule has 0 aliphatic heterocycles. The van der Waals surface area contributed by atoms with Crippen LogP contribution in [0.1, 0.15) is 30.6 Å². The molecule has 0 heterocycles. The fourth-order valence-electron chi connectivity index (χ4n) is 1.29. The van der Waals surface area contributed by atoms with Crippen molar-refractivity contribution in [2.75, 3.05) is 13.2 Å². The summed E-state index contributed by atoms with van der Waals surface area (Å²) in [6.07, 6.45) is 1.69. The number of aldehydes is 1. The Bertz CT molecular complexity index is 405. The average Bonchev–Trinajstić information content (AvgIpc) is 2.33. The van der Waals surface area contributed by atoms with Gasteiger partial charge in [0.15, 0.2) is 17.8 Å². The highest BCUT2D eigenvalue weighted by atomic mass is 79.9. The van der Waals surface area contributed by atoms with Crippen LogP contribution < -0.4 is 9.47 Å². The van der Waals surface area contributed by atoms with Gasteiger partial charge in [-0.05, 0) is 51.3 Å². The molecule has 0 spiro atoms. The van der Waals surface area contributed by atoms with Gasteiger partial charge in [-0.25, -0.2) is 0 Å². The van der Waals surface area contributed by atoms with Crippen LogP contribution in [-0.4, -0.2) is 19.5 Å². The quantitative estimate of drug-likeness (QED) is 0.708. The third kappa shape index (κ3) is 3.45. The SMILES string of the molecule is CCCOc1c(OCC)cc(C=O)c(Br)c1Br. The molecule has 0 saturated heterocycles. The van der Waals surface area contributed by atoms with Crippen LogP contribution in [0.15, 0.2) is 15.0 Å². The van der Waals surface area contributed by atoms with Gasteiger partial charge >= 0.3 is 0 Å². The number of carbonyl (C=O) groups excluding carboxylic acids is 1. The summed E-state index contributed by atoms with van der Waals surface area (Å²) in [5.41, 5.74) is 0.532.